The van der Waals surface area contributed by atoms with Crippen molar-refractivity contribution < 1.29 is 9.84 Å². The number of unbranched alkanes of at least 4 members (excludes halogenated alkanes) is 1. The number of ether oxygens (including phenoxy) is 1. The van der Waals surface area contributed by atoms with E-state index in [0.717, 1.165) is 50.7 Å². The molecule has 4 aliphatic carbocycles. The second kappa shape index (κ2) is 14.2. The number of rotatable bonds is 14. The highest BCUT2D eigenvalue weighted by atomic mass is 16.5. The van der Waals surface area contributed by atoms with Gasteiger partial charge in [-0.3, -0.25) is 0 Å². The third kappa shape index (κ3) is 6.77. The van der Waals surface area contributed by atoms with Gasteiger partial charge in [0.2, 0.25) is 0 Å². The summed E-state index contributed by atoms with van der Waals surface area (Å²) in [7, 11) is 1.88. The van der Waals surface area contributed by atoms with Crippen LogP contribution in [0.4, 0.5) is 0 Å². The zero-order valence-corrected chi connectivity index (χ0v) is 26.9. The van der Waals surface area contributed by atoms with Crippen LogP contribution in [0, 0.1) is 63.6 Å². The second-order valence-corrected chi connectivity index (χ2v) is 15.4. The summed E-state index contributed by atoms with van der Waals surface area (Å²) in [6.45, 7) is 15.4. The van der Waals surface area contributed by atoms with Crippen LogP contribution in [0.15, 0.2) is 0 Å². The summed E-state index contributed by atoms with van der Waals surface area (Å²) in [6, 6.07) is 2.82. The van der Waals surface area contributed by atoms with Gasteiger partial charge in [0, 0.05) is 19.6 Å². The molecule has 4 saturated carbocycles. The van der Waals surface area contributed by atoms with E-state index in [1.165, 1.54) is 57.8 Å². The minimum atomic E-state index is -0.114. The van der Waals surface area contributed by atoms with E-state index >= 15 is 0 Å². The van der Waals surface area contributed by atoms with Gasteiger partial charge in [0.1, 0.15) is 0 Å². The largest absolute Gasteiger partial charge is 0.393 e. The van der Waals surface area contributed by atoms with Crippen LogP contribution in [0.2, 0.25) is 0 Å². The molecule has 4 aliphatic rings. The van der Waals surface area contributed by atoms with Crippen LogP contribution in [0.25, 0.3) is 0 Å². The van der Waals surface area contributed by atoms with E-state index in [4.69, 9.17) is 10.00 Å². The Labute approximate surface area is 247 Å². The molecule has 0 heterocycles. The van der Waals surface area contributed by atoms with Crippen molar-refractivity contribution >= 4 is 0 Å². The molecule has 4 rings (SSSR count). The Morgan fingerprint density at radius 3 is 2.38 bits per heavy atom. The van der Waals surface area contributed by atoms with E-state index in [9.17, 15) is 5.11 Å². The number of aliphatic hydroxyl groups is 1. The average Bonchev–Trinajstić information content (AvgIpc) is 3.28. The average molecular weight is 558 g/mol. The minimum absolute atomic E-state index is 0.114. The standard InChI is InChI=1S/C35H63N3O2/c1-24(2)32(40-6)13-10-25(3)28-11-12-29-33-30(15-17-35(28,29)5)34(4)16-14-27(22-26(34)23-31(33)39)38-21-9-20-37-19-8-7-18-36/h24-33,37-39H,7-17,19-23H2,1-6H3/t25?,26-,27+,28-,29?,30?,31-,32-,33?,34+,35-/m1/s1. The molecule has 11 atom stereocenters. The van der Waals surface area contributed by atoms with Gasteiger partial charge in [-0.2, -0.15) is 5.26 Å². The van der Waals surface area contributed by atoms with Crippen molar-refractivity contribution in [2.75, 3.05) is 26.7 Å². The van der Waals surface area contributed by atoms with Crippen LogP contribution >= 0.6 is 0 Å². The number of nitrogens with zero attached hydrogens (tertiary/aromatic N) is 1. The molecule has 4 unspecified atom stereocenters. The van der Waals surface area contributed by atoms with Gasteiger partial charge in [-0.05, 0) is 149 Å². The van der Waals surface area contributed by atoms with Gasteiger partial charge in [0.25, 0.3) is 0 Å². The lowest BCUT2D eigenvalue weighted by Crippen LogP contribution is -2.59. The monoisotopic (exact) mass is 557 g/mol. The molecule has 0 aromatic heterocycles. The fraction of sp³-hybridized carbons (Fsp3) is 0.971. The van der Waals surface area contributed by atoms with Crippen LogP contribution < -0.4 is 10.6 Å². The summed E-state index contributed by atoms with van der Waals surface area (Å²) in [4.78, 5) is 0. The maximum Gasteiger partial charge on any atom is 0.0622 e. The van der Waals surface area contributed by atoms with E-state index in [-0.39, 0.29) is 6.10 Å². The topological polar surface area (TPSA) is 77.3 Å². The van der Waals surface area contributed by atoms with Crippen LogP contribution in [0.1, 0.15) is 118 Å². The number of nitriles is 1. The SMILES string of the molecule is CO[C@H](CCC(C)[C@H]1CCC2C3C(CC[C@@]21C)[C@@]1(C)CC[C@H](NCCCNCCCC#N)C[C@@H]1C[C@H]3O)C(C)C. The predicted molar refractivity (Wildman–Crippen MR) is 165 cm³/mol. The van der Waals surface area contributed by atoms with Gasteiger partial charge in [-0.15, -0.1) is 0 Å². The van der Waals surface area contributed by atoms with Gasteiger partial charge >= 0.3 is 0 Å². The fourth-order valence-electron chi connectivity index (χ4n) is 10.7. The highest BCUT2D eigenvalue weighted by Gasteiger charge is 2.62. The zero-order chi connectivity index (χ0) is 28.9. The number of hydrogen-bond donors (Lipinski definition) is 3. The molecular weight excluding hydrogens is 494 g/mol. The lowest BCUT2D eigenvalue weighted by atomic mass is 9.43. The van der Waals surface area contributed by atoms with Gasteiger partial charge < -0.3 is 20.5 Å². The summed E-state index contributed by atoms with van der Waals surface area (Å²) in [5.41, 5.74) is 0.797. The van der Waals surface area contributed by atoms with Crippen molar-refractivity contribution in [1.82, 2.24) is 10.6 Å². The highest BCUT2D eigenvalue weighted by molar-refractivity contribution is 5.12. The molecular formula is C35H63N3O2. The first kappa shape index (κ1) is 32.2. The molecule has 0 amide bonds. The van der Waals surface area contributed by atoms with Crippen LogP contribution in [-0.2, 0) is 4.74 Å². The van der Waals surface area contributed by atoms with Crippen molar-refractivity contribution in [1.29, 1.82) is 5.26 Å². The van der Waals surface area contributed by atoms with Gasteiger partial charge in [0.05, 0.1) is 18.3 Å². The maximum atomic E-state index is 11.8. The smallest absolute Gasteiger partial charge is 0.0622 e. The first-order valence-electron chi connectivity index (χ1n) is 17.2. The molecule has 0 aromatic rings. The van der Waals surface area contributed by atoms with E-state index in [2.05, 4.69) is 51.3 Å². The number of fused-ring (bicyclic) bond motifs is 5. The lowest BCUT2D eigenvalue weighted by molar-refractivity contribution is -0.167. The van der Waals surface area contributed by atoms with Crippen molar-refractivity contribution in [3.8, 4) is 6.07 Å². The highest BCUT2D eigenvalue weighted by Crippen LogP contribution is 2.68. The Balaban J connectivity index is 1.31. The van der Waals surface area contributed by atoms with Crippen molar-refractivity contribution in [3.05, 3.63) is 0 Å². The molecule has 4 fully saturated rings. The van der Waals surface area contributed by atoms with Crippen molar-refractivity contribution in [2.24, 2.45) is 52.3 Å². The Morgan fingerprint density at radius 1 is 0.925 bits per heavy atom. The molecule has 230 valence electrons. The van der Waals surface area contributed by atoms with E-state index < -0.39 is 0 Å². The first-order valence-corrected chi connectivity index (χ1v) is 17.2. The Hall–Kier alpha value is -0.670. The maximum absolute atomic E-state index is 11.8. The lowest BCUT2D eigenvalue weighted by Gasteiger charge is -2.62. The Bertz CT molecular complexity index is 828. The predicted octanol–water partition coefficient (Wildman–Crippen LogP) is 6.95. The molecule has 0 aliphatic heterocycles. The summed E-state index contributed by atoms with van der Waals surface area (Å²) < 4.78 is 5.81. The molecule has 3 N–H and O–H groups in total. The second-order valence-electron chi connectivity index (χ2n) is 15.4. The molecule has 40 heavy (non-hydrogen) atoms. The van der Waals surface area contributed by atoms with Gasteiger partial charge in [-0.1, -0.05) is 34.6 Å². The number of nitrogens with one attached hydrogen (secondary N) is 2. The van der Waals surface area contributed by atoms with E-state index in [0.29, 0.717) is 59.0 Å². The number of aliphatic hydroxyl groups excluding tert-OH is 1. The molecule has 0 aromatic carbocycles. The van der Waals surface area contributed by atoms with Crippen LogP contribution in [0.3, 0.4) is 0 Å². The quantitative estimate of drug-likeness (QED) is 0.202. The summed E-state index contributed by atoms with van der Waals surface area (Å²) in [5.74, 6) is 4.68. The summed E-state index contributed by atoms with van der Waals surface area (Å²) in [5, 5.41) is 27.8. The Kier molecular flexibility index (Phi) is 11.4. The Morgan fingerprint density at radius 2 is 1.65 bits per heavy atom. The third-order valence-corrected chi connectivity index (χ3v) is 13.0. The van der Waals surface area contributed by atoms with Crippen molar-refractivity contribution in [3.63, 3.8) is 0 Å². The summed E-state index contributed by atoms with van der Waals surface area (Å²) in [6.07, 6.45) is 15.7. The summed E-state index contributed by atoms with van der Waals surface area (Å²) >= 11 is 0. The molecule has 0 spiro atoms. The van der Waals surface area contributed by atoms with Crippen molar-refractivity contribution in [2.45, 2.75) is 136 Å². The van der Waals surface area contributed by atoms with Crippen LogP contribution in [-0.4, -0.2) is 50.1 Å². The van der Waals surface area contributed by atoms with E-state index in [1.807, 2.05) is 7.11 Å². The van der Waals surface area contributed by atoms with E-state index in [1.54, 1.807) is 0 Å². The van der Waals surface area contributed by atoms with Crippen LogP contribution in [0.5, 0.6) is 0 Å². The molecule has 0 saturated heterocycles. The first-order chi connectivity index (χ1) is 19.2. The molecule has 0 radical (unpaired) electrons. The van der Waals surface area contributed by atoms with Gasteiger partial charge in [0.15, 0.2) is 0 Å². The molecule has 5 heteroatoms. The molecule has 0 bridgehead atoms. The number of hydrogen-bond acceptors (Lipinski definition) is 5. The minimum Gasteiger partial charge on any atom is -0.393 e. The third-order valence-electron chi connectivity index (χ3n) is 13.0. The van der Waals surface area contributed by atoms with Gasteiger partial charge in [-0.25, -0.2) is 0 Å². The number of methoxy groups -OCH3 is 1. The fourth-order valence-corrected chi connectivity index (χ4v) is 10.7. The zero-order valence-electron chi connectivity index (χ0n) is 26.9. The molecule has 5 nitrogen and oxygen atoms in total. The normalized spacial score (nSPS) is 40.6.